The van der Waals surface area contributed by atoms with Crippen molar-refractivity contribution in [1.82, 2.24) is 9.97 Å². The zero-order chi connectivity index (χ0) is 13.5. The average molecular weight is 255 g/mol. The molecule has 18 heavy (non-hydrogen) atoms. The quantitative estimate of drug-likeness (QED) is 0.632. The van der Waals surface area contributed by atoms with Crippen LogP contribution in [0.3, 0.4) is 0 Å². The Morgan fingerprint density at radius 3 is 2.72 bits per heavy atom. The van der Waals surface area contributed by atoms with Crippen LogP contribution in [0.15, 0.2) is 12.4 Å². The SMILES string of the molecule is CCOc1cc(NC(CC(=O)O)C(=O)O)ncn1. The molecule has 8 nitrogen and oxygen atoms in total. The van der Waals surface area contributed by atoms with Crippen molar-refractivity contribution in [2.45, 2.75) is 19.4 Å². The summed E-state index contributed by atoms with van der Waals surface area (Å²) in [6, 6.07) is 0.147. The molecule has 1 heterocycles. The molecule has 0 amide bonds. The van der Waals surface area contributed by atoms with E-state index in [-0.39, 0.29) is 11.7 Å². The highest BCUT2D eigenvalue weighted by Crippen LogP contribution is 2.12. The number of rotatable bonds is 7. The lowest BCUT2D eigenvalue weighted by Crippen LogP contribution is -2.32. The van der Waals surface area contributed by atoms with E-state index in [1.54, 1.807) is 6.92 Å². The number of hydrogen-bond acceptors (Lipinski definition) is 6. The summed E-state index contributed by atoms with van der Waals surface area (Å²) < 4.78 is 5.11. The first kappa shape index (κ1) is 13.7. The third-order valence-electron chi connectivity index (χ3n) is 1.93. The maximum absolute atomic E-state index is 10.8. The van der Waals surface area contributed by atoms with E-state index in [4.69, 9.17) is 14.9 Å². The van der Waals surface area contributed by atoms with E-state index in [0.717, 1.165) is 0 Å². The molecule has 1 unspecified atom stereocenters. The van der Waals surface area contributed by atoms with Gasteiger partial charge in [0.25, 0.3) is 0 Å². The molecule has 0 saturated heterocycles. The van der Waals surface area contributed by atoms with Crippen LogP contribution in [0.1, 0.15) is 13.3 Å². The minimum absolute atomic E-state index is 0.196. The Labute approximate surface area is 103 Å². The van der Waals surface area contributed by atoms with E-state index < -0.39 is 24.4 Å². The smallest absolute Gasteiger partial charge is 0.326 e. The summed E-state index contributed by atoms with van der Waals surface area (Å²) in [6.07, 6.45) is 0.649. The average Bonchev–Trinajstić information content (AvgIpc) is 2.28. The number of aromatic nitrogens is 2. The van der Waals surface area contributed by atoms with Crippen molar-refractivity contribution in [2.75, 3.05) is 11.9 Å². The molecule has 0 aliphatic carbocycles. The molecule has 0 aromatic carbocycles. The standard InChI is InChI=1S/C10H13N3O5/c1-2-18-8-4-7(11-5-12-8)13-6(10(16)17)3-9(14)15/h4-6H,2-3H2,1H3,(H,14,15)(H,16,17)(H,11,12,13). The van der Waals surface area contributed by atoms with Crippen LogP contribution >= 0.6 is 0 Å². The lowest BCUT2D eigenvalue weighted by molar-refractivity contribution is -0.144. The fourth-order valence-electron chi connectivity index (χ4n) is 1.20. The number of anilines is 1. The third-order valence-corrected chi connectivity index (χ3v) is 1.93. The van der Waals surface area contributed by atoms with E-state index in [0.29, 0.717) is 6.61 Å². The highest BCUT2D eigenvalue weighted by Gasteiger charge is 2.21. The van der Waals surface area contributed by atoms with Gasteiger partial charge in [-0.1, -0.05) is 0 Å². The van der Waals surface area contributed by atoms with Crippen LogP contribution in [0.5, 0.6) is 5.88 Å². The van der Waals surface area contributed by atoms with Crippen LogP contribution in [0.25, 0.3) is 0 Å². The summed E-state index contributed by atoms with van der Waals surface area (Å²) in [6.45, 7) is 2.19. The predicted octanol–water partition coefficient (Wildman–Crippen LogP) is 0.215. The number of ether oxygens (including phenoxy) is 1. The Bertz CT molecular complexity index is 437. The molecule has 98 valence electrons. The van der Waals surface area contributed by atoms with Crippen molar-refractivity contribution in [3.63, 3.8) is 0 Å². The Balaban J connectivity index is 2.76. The van der Waals surface area contributed by atoms with Crippen molar-refractivity contribution in [3.05, 3.63) is 12.4 Å². The first-order valence-corrected chi connectivity index (χ1v) is 5.19. The van der Waals surface area contributed by atoms with Gasteiger partial charge in [0.2, 0.25) is 5.88 Å². The van der Waals surface area contributed by atoms with Crippen molar-refractivity contribution < 1.29 is 24.5 Å². The topological polar surface area (TPSA) is 122 Å². The van der Waals surface area contributed by atoms with Gasteiger partial charge in [-0.25, -0.2) is 14.8 Å². The zero-order valence-electron chi connectivity index (χ0n) is 9.66. The van der Waals surface area contributed by atoms with E-state index in [2.05, 4.69) is 15.3 Å². The zero-order valence-corrected chi connectivity index (χ0v) is 9.66. The van der Waals surface area contributed by atoms with Gasteiger partial charge in [-0.3, -0.25) is 4.79 Å². The second-order valence-electron chi connectivity index (χ2n) is 3.31. The van der Waals surface area contributed by atoms with Gasteiger partial charge in [0.05, 0.1) is 13.0 Å². The van der Waals surface area contributed by atoms with Gasteiger partial charge < -0.3 is 20.3 Å². The third kappa shape index (κ3) is 4.24. The number of hydrogen-bond donors (Lipinski definition) is 3. The number of nitrogens with one attached hydrogen (secondary N) is 1. The number of carboxylic acid groups (broad SMARTS) is 2. The van der Waals surface area contributed by atoms with Gasteiger partial charge in [-0.05, 0) is 6.92 Å². The van der Waals surface area contributed by atoms with Crippen molar-refractivity contribution >= 4 is 17.8 Å². The molecular formula is C10H13N3O5. The summed E-state index contributed by atoms with van der Waals surface area (Å²) in [7, 11) is 0. The minimum Gasteiger partial charge on any atom is -0.481 e. The lowest BCUT2D eigenvalue weighted by Gasteiger charge is -2.13. The summed E-state index contributed by atoms with van der Waals surface area (Å²) in [5.41, 5.74) is 0. The summed E-state index contributed by atoms with van der Waals surface area (Å²) in [5, 5.41) is 19.9. The second kappa shape index (κ2) is 6.38. The van der Waals surface area contributed by atoms with Gasteiger partial charge in [0, 0.05) is 6.07 Å². The Kier molecular flexibility index (Phi) is 4.85. The molecule has 0 radical (unpaired) electrons. The monoisotopic (exact) mass is 255 g/mol. The van der Waals surface area contributed by atoms with Gasteiger partial charge in [0.1, 0.15) is 18.2 Å². The molecule has 1 aromatic rings. The molecule has 0 fully saturated rings. The maximum atomic E-state index is 10.8. The van der Waals surface area contributed by atoms with Crippen molar-refractivity contribution in [2.24, 2.45) is 0 Å². The number of aliphatic carboxylic acids is 2. The van der Waals surface area contributed by atoms with Crippen LogP contribution in [0, 0.1) is 0 Å². The highest BCUT2D eigenvalue weighted by atomic mass is 16.5. The summed E-state index contributed by atoms with van der Waals surface area (Å²) in [4.78, 5) is 29.0. The van der Waals surface area contributed by atoms with Gasteiger partial charge in [-0.15, -0.1) is 0 Å². The fourth-order valence-corrected chi connectivity index (χ4v) is 1.20. The van der Waals surface area contributed by atoms with E-state index in [9.17, 15) is 9.59 Å². The van der Waals surface area contributed by atoms with Crippen LogP contribution < -0.4 is 10.1 Å². The molecular weight excluding hydrogens is 242 g/mol. The van der Waals surface area contributed by atoms with Crippen LogP contribution in [0.2, 0.25) is 0 Å². The van der Waals surface area contributed by atoms with Crippen LogP contribution in [-0.2, 0) is 9.59 Å². The molecule has 8 heteroatoms. The maximum Gasteiger partial charge on any atom is 0.326 e. The van der Waals surface area contributed by atoms with Gasteiger partial charge >= 0.3 is 11.9 Å². The number of carboxylic acids is 2. The molecule has 0 bridgehead atoms. The molecule has 0 aliphatic rings. The number of nitrogens with zero attached hydrogens (tertiary/aromatic N) is 2. The predicted molar refractivity (Wildman–Crippen MR) is 60.5 cm³/mol. The van der Waals surface area contributed by atoms with Gasteiger partial charge in [0.15, 0.2) is 0 Å². The Hall–Kier alpha value is -2.38. The van der Waals surface area contributed by atoms with E-state index >= 15 is 0 Å². The summed E-state index contributed by atoms with van der Waals surface area (Å²) in [5.74, 6) is -2.00. The molecule has 1 atom stereocenters. The first-order chi connectivity index (χ1) is 8.52. The first-order valence-electron chi connectivity index (χ1n) is 5.19. The Morgan fingerprint density at radius 1 is 1.44 bits per heavy atom. The molecule has 0 aliphatic heterocycles. The van der Waals surface area contributed by atoms with E-state index in [1.165, 1.54) is 12.4 Å². The van der Waals surface area contributed by atoms with Crippen LogP contribution in [-0.4, -0.2) is 44.8 Å². The highest BCUT2D eigenvalue weighted by molar-refractivity contribution is 5.83. The largest absolute Gasteiger partial charge is 0.481 e. The number of carbonyl (C=O) groups is 2. The lowest BCUT2D eigenvalue weighted by atomic mass is 10.2. The molecule has 0 saturated carbocycles. The normalized spacial score (nSPS) is 11.6. The minimum atomic E-state index is -1.27. The molecule has 1 rings (SSSR count). The van der Waals surface area contributed by atoms with Crippen molar-refractivity contribution in [1.29, 1.82) is 0 Å². The Morgan fingerprint density at radius 2 is 2.17 bits per heavy atom. The molecule has 3 N–H and O–H groups in total. The van der Waals surface area contributed by atoms with Gasteiger partial charge in [-0.2, -0.15) is 0 Å². The van der Waals surface area contributed by atoms with Crippen molar-refractivity contribution in [3.8, 4) is 5.88 Å². The van der Waals surface area contributed by atoms with E-state index in [1.807, 2.05) is 0 Å². The second-order valence-corrected chi connectivity index (χ2v) is 3.31. The summed E-state index contributed by atoms with van der Waals surface area (Å²) >= 11 is 0. The molecule has 0 spiro atoms. The molecule has 1 aromatic heterocycles. The van der Waals surface area contributed by atoms with Crippen LogP contribution in [0.4, 0.5) is 5.82 Å². The fraction of sp³-hybridized carbons (Fsp3) is 0.400.